The third kappa shape index (κ3) is 3.22. The van der Waals surface area contributed by atoms with E-state index in [1.54, 1.807) is 0 Å². The number of nitrogens with one attached hydrogen (secondary N) is 2. The van der Waals surface area contributed by atoms with Crippen LogP contribution in [0.15, 0.2) is 11.1 Å². The molecule has 0 aliphatic carbocycles. The van der Waals surface area contributed by atoms with E-state index in [2.05, 4.69) is 27.1 Å². The molecule has 0 amide bonds. The summed E-state index contributed by atoms with van der Waals surface area (Å²) in [5.74, 6) is 0.475. The van der Waals surface area contributed by atoms with Crippen molar-refractivity contribution >= 4 is 11.5 Å². The first-order valence-electron chi connectivity index (χ1n) is 6.49. The van der Waals surface area contributed by atoms with Gasteiger partial charge in [-0.2, -0.15) is 0 Å². The molecular weight excluding hydrogens is 230 g/mol. The monoisotopic (exact) mass is 251 g/mol. The largest absolute Gasteiger partial charge is 0.391 e. The number of aromatic amines is 1. The highest BCUT2D eigenvalue weighted by Gasteiger charge is 2.14. The molecule has 6 heteroatoms. The van der Waals surface area contributed by atoms with Crippen LogP contribution in [-0.4, -0.2) is 40.5 Å². The van der Waals surface area contributed by atoms with Gasteiger partial charge in [0.2, 0.25) is 0 Å². The second kappa shape index (κ2) is 5.86. The quantitative estimate of drug-likeness (QED) is 0.731. The Kier molecular flexibility index (Phi) is 4.19. The van der Waals surface area contributed by atoms with E-state index in [0.29, 0.717) is 5.82 Å². The van der Waals surface area contributed by atoms with E-state index < -0.39 is 0 Å². The fourth-order valence-corrected chi connectivity index (χ4v) is 2.33. The van der Waals surface area contributed by atoms with Gasteiger partial charge in [-0.05, 0) is 32.9 Å². The summed E-state index contributed by atoms with van der Waals surface area (Å²) in [4.78, 5) is 20.3. The molecule has 2 heterocycles. The first-order chi connectivity index (χ1) is 8.66. The first-order valence-corrected chi connectivity index (χ1v) is 6.49. The maximum Gasteiger partial charge on any atom is 0.276 e. The fourth-order valence-electron chi connectivity index (χ4n) is 2.33. The molecule has 1 aliphatic rings. The highest BCUT2D eigenvalue weighted by atomic mass is 16.1. The SMILES string of the molecule is CC(CN1CCCCC1)Nc1nc[nH]c(=O)c1N. The van der Waals surface area contributed by atoms with Crippen LogP contribution in [0.2, 0.25) is 0 Å². The molecule has 6 nitrogen and oxygen atoms in total. The molecule has 1 atom stereocenters. The molecule has 0 aromatic carbocycles. The maximum atomic E-state index is 11.3. The second-order valence-electron chi connectivity index (χ2n) is 4.90. The average Bonchev–Trinajstić information content (AvgIpc) is 2.36. The molecule has 1 saturated heterocycles. The first kappa shape index (κ1) is 12.9. The molecule has 1 unspecified atom stereocenters. The minimum atomic E-state index is -0.294. The number of rotatable bonds is 4. The summed E-state index contributed by atoms with van der Waals surface area (Å²) in [6.45, 7) is 5.35. The zero-order valence-electron chi connectivity index (χ0n) is 10.8. The van der Waals surface area contributed by atoms with Crippen LogP contribution in [0.5, 0.6) is 0 Å². The molecule has 0 radical (unpaired) electrons. The Morgan fingerprint density at radius 1 is 1.50 bits per heavy atom. The van der Waals surface area contributed by atoms with Crippen molar-refractivity contribution in [2.24, 2.45) is 0 Å². The second-order valence-corrected chi connectivity index (χ2v) is 4.90. The van der Waals surface area contributed by atoms with Crippen LogP contribution in [0.1, 0.15) is 26.2 Å². The van der Waals surface area contributed by atoms with Gasteiger partial charge in [-0.15, -0.1) is 0 Å². The lowest BCUT2D eigenvalue weighted by Gasteiger charge is -2.29. The number of anilines is 2. The van der Waals surface area contributed by atoms with Crippen molar-refractivity contribution in [1.29, 1.82) is 0 Å². The van der Waals surface area contributed by atoms with E-state index in [1.165, 1.54) is 25.6 Å². The Morgan fingerprint density at radius 2 is 2.22 bits per heavy atom. The third-order valence-electron chi connectivity index (χ3n) is 3.25. The summed E-state index contributed by atoms with van der Waals surface area (Å²) in [6, 6.07) is 0.222. The van der Waals surface area contributed by atoms with Gasteiger partial charge in [0.1, 0.15) is 5.69 Å². The van der Waals surface area contributed by atoms with Crippen LogP contribution in [0.4, 0.5) is 11.5 Å². The lowest BCUT2D eigenvalue weighted by Crippen LogP contribution is -2.38. The van der Waals surface area contributed by atoms with Gasteiger partial charge in [-0.1, -0.05) is 6.42 Å². The number of hydrogen-bond acceptors (Lipinski definition) is 5. The van der Waals surface area contributed by atoms with Gasteiger partial charge >= 0.3 is 0 Å². The van der Waals surface area contributed by atoms with Crippen molar-refractivity contribution in [3.05, 3.63) is 16.7 Å². The van der Waals surface area contributed by atoms with Crippen molar-refractivity contribution in [1.82, 2.24) is 14.9 Å². The van der Waals surface area contributed by atoms with Gasteiger partial charge in [-0.25, -0.2) is 4.98 Å². The van der Waals surface area contributed by atoms with E-state index in [0.717, 1.165) is 19.6 Å². The van der Waals surface area contributed by atoms with Crippen molar-refractivity contribution < 1.29 is 0 Å². The number of aromatic nitrogens is 2. The maximum absolute atomic E-state index is 11.3. The molecule has 4 N–H and O–H groups in total. The topological polar surface area (TPSA) is 87.0 Å². The molecule has 1 aromatic rings. The molecule has 0 saturated carbocycles. The summed E-state index contributed by atoms with van der Waals surface area (Å²) in [6.07, 6.45) is 5.26. The van der Waals surface area contributed by atoms with Crippen molar-refractivity contribution in [2.75, 3.05) is 30.7 Å². The summed E-state index contributed by atoms with van der Waals surface area (Å²) in [7, 11) is 0. The van der Waals surface area contributed by atoms with Crippen LogP contribution in [0, 0.1) is 0 Å². The van der Waals surface area contributed by atoms with Gasteiger partial charge in [0.25, 0.3) is 5.56 Å². The van der Waals surface area contributed by atoms with Crippen LogP contribution in [-0.2, 0) is 0 Å². The number of nitrogens with zero attached hydrogens (tertiary/aromatic N) is 2. The minimum Gasteiger partial charge on any atom is -0.391 e. The summed E-state index contributed by atoms with van der Waals surface area (Å²) < 4.78 is 0. The molecule has 0 spiro atoms. The van der Waals surface area contributed by atoms with E-state index >= 15 is 0 Å². The predicted octanol–water partition coefficient (Wildman–Crippen LogP) is 0.638. The van der Waals surface area contributed by atoms with Gasteiger partial charge in [0.05, 0.1) is 6.33 Å². The zero-order chi connectivity index (χ0) is 13.0. The average molecular weight is 251 g/mol. The number of piperidine rings is 1. The summed E-state index contributed by atoms with van der Waals surface area (Å²) >= 11 is 0. The highest BCUT2D eigenvalue weighted by Crippen LogP contribution is 2.12. The normalized spacial score (nSPS) is 18.5. The third-order valence-corrected chi connectivity index (χ3v) is 3.25. The molecule has 1 fully saturated rings. The number of nitrogens with two attached hydrogens (primary N) is 1. The van der Waals surface area contributed by atoms with E-state index in [1.807, 2.05) is 0 Å². The van der Waals surface area contributed by atoms with E-state index in [-0.39, 0.29) is 17.3 Å². The highest BCUT2D eigenvalue weighted by molar-refractivity contribution is 5.59. The Hall–Kier alpha value is -1.56. The lowest BCUT2D eigenvalue weighted by molar-refractivity contribution is 0.223. The van der Waals surface area contributed by atoms with Crippen LogP contribution in [0.25, 0.3) is 0 Å². The van der Waals surface area contributed by atoms with Gasteiger partial charge < -0.3 is 20.9 Å². The minimum absolute atomic E-state index is 0.156. The Balaban J connectivity index is 1.92. The Morgan fingerprint density at radius 3 is 2.94 bits per heavy atom. The smallest absolute Gasteiger partial charge is 0.276 e. The van der Waals surface area contributed by atoms with Crippen LogP contribution in [0.3, 0.4) is 0 Å². The fraction of sp³-hybridized carbons (Fsp3) is 0.667. The molecule has 18 heavy (non-hydrogen) atoms. The zero-order valence-corrected chi connectivity index (χ0v) is 10.8. The predicted molar refractivity (Wildman–Crippen MR) is 72.6 cm³/mol. The van der Waals surface area contributed by atoms with Crippen molar-refractivity contribution in [3.8, 4) is 0 Å². The number of likely N-dealkylation sites (tertiary alicyclic amines) is 1. The van der Waals surface area contributed by atoms with Gasteiger partial charge in [0.15, 0.2) is 5.82 Å². The standard InChI is InChI=1S/C12H21N5O/c1-9(7-17-5-3-2-4-6-17)16-11-10(13)12(18)15-8-14-11/h8-9H,2-7,13H2,1H3,(H2,14,15,16,18). The van der Waals surface area contributed by atoms with Gasteiger partial charge in [0, 0.05) is 12.6 Å². The Labute approximate surface area is 107 Å². The Bertz CT molecular complexity index is 438. The van der Waals surface area contributed by atoms with E-state index in [4.69, 9.17) is 5.73 Å². The van der Waals surface area contributed by atoms with Crippen LogP contribution < -0.4 is 16.6 Å². The number of hydrogen-bond donors (Lipinski definition) is 3. The van der Waals surface area contributed by atoms with Crippen molar-refractivity contribution in [3.63, 3.8) is 0 Å². The molecule has 1 aliphatic heterocycles. The number of H-pyrrole nitrogens is 1. The van der Waals surface area contributed by atoms with Gasteiger partial charge in [-0.3, -0.25) is 4.79 Å². The molecule has 0 bridgehead atoms. The lowest BCUT2D eigenvalue weighted by atomic mass is 10.1. The molecule has 1 aromatic heterocycles. The number of nitrogen functional groups attached to an aromatic ring is 1. The molecular formula is C12H21N5O. The molecule has 2 rings (SSSR count). The van der Waals surface area contributed by atoms with Crippen LogP contribution >= 0.6 is 0 Å². The van der Waals surface area contributed by atoms with Crippen molar-refractivity contribution in [2.45, 2.75) is 32.2 Å². The van der Waals surface area contributed by atoms with E-state index in [9.17, 15) is 4.79 Å². The molecule has 100 valence electrons. The summed E-state index contributed by atoms with van der Waals surface area (Å²) in [5.41, 5.74) is 5.54. The summed E-state index contributed by atoms with van der Waals surface area (Å²) in [5, 5.41) is 3.20.